The van der Waals surface area contributed by atoms with Crippen LogP contribution in [0.4, 0.5) is 0 Å². The van der Waals surface area contributed by atoms with Gasteiger partial charge in [0.05, 0.1) is 17.6 Å². The number of rotatable bonds is 0. The highest BCUT2D eigenvalue weighted by atomic mass is 15.1. The van der Waals surface area contributed by atoms with Crippen LogP contribution in [0.15, 0.2) is 160 Å². The predicted octanol–water partition coefficient (Wildman–Crippen LogP) is 14.6. The van der Waals surface area contributed by atoms with E-state index in [0.717, 1.165) is 34.0 Å². The SMILES string of the molecule is CC.CC.CC.CC.CC.CC.CC.CC.Cc1cc[n+](C)cc1.Cc1ccc[n+](C)c1.Cc1cccnn1.Cc1ccncn1.Cc1ccnnc1.Cc1cnccn1.Cc1cncnc1.Cc1ncccn1. The summed E-state index contributed by atoms with van der Waals surface area (Å²) in [5.74, 6) is 0.822. The summed E-state index contributed by atoms with van der Waals surface area (Å²) in [7, 11) is 4.03. The molecule has 14 nitrogen and oxygen atoms in total. The minimum atomic E-state index is 0.822. The van der Waals surface area contributed by atoms with Gasteiger partial charge in [0.25, 0.3) is 0 Å². The second-order valence-corrected chi connectivity index (χ2v) is 12.3. The second kappa shape index (κ2) is 74.7. The first-order valence-corrected chi connectivity index (χ1v) is 26.2. The quantitative estimate of drug-likeness (QED) is 0.132. The zero-order chi connectivity index (χ0) is 58.6. The average molecular weight is 1020 g/mol. The first-order chi connectivity index (χ1) is 35.9. The fraction of sp³-hybridized carbons (Fsp3) is 0.433. The molecule has 0 aliphatic heterocycles. The van der Waals surface area contributed by atoms with Crippen molar-refractivity contribution in [3.05, 3.63) is 205 Å². The van der Waals surface area contributed by atoms with Crippen molar-refractivity contribution in [1.29, 1.82) is 0 Å². The van der Waals surface area contributed by atoms with E-state index in [1.165, 1.54) is 23.8 Å². The van der Waals surface area contributed by atoms with Gasteiger partial charge in [-0.15, -0.1) is 0 Å². The van der Waals surface area contributed by atoms with E-state index in [9.17, 15) is 0 Å². The molecule has 8 aromatic rings. The van der Waals surface area contributed by atoms with Gasteiger partial charge in [0.15, 0.2) is 24.8 Å². The number of hydrogen-bond acceptors (Lipinski definition) is 12. The van der Waals surface area contributed by atoms with Crippen molar-refractivity contribution in [2.24, 2.45) is 14.1 Å². The number of pyridine rings is 2. The van der Waals surface area contributed by atoms with Gasteiger partial charge in [-0.1, -0.05) is 111 Å². The number of aryl methyl sites for hydroxylation is 10. The number of nitrogens with zero attached hydrogens (tertiary/aromatic N) is 14. The lowest BCUT2D eigenvalue weighted by molar-refractivity contribution is -0.671. The minimum absolute atomic E-state index is 0.822. The van der Waals surface area contributed by atoms with Crippen molar-refractivity contribution >= 4 is 0 Å². The zero-order valence-electron chi connectivity index (χ0n) is 51.3. The molecule has 0 saturated carbocycles. The standard InChI is InChI=1S/2C7H10N.6C5H6N2.8C2H6/c1-7-3-5-8(2)6-4-7;1-7-4-3-5-8(2)6-7;1-5-2-6-4-7-3-5;1-5-4-6-2-3-7-5;1-5-2-3-6-4-7-5;1-5-2-3-6-7-4-5;1-5-6-3-2-4-7-5;1-5-3-2-4-6-7-5;8*1-2/h2*3-6H,1-2H3;6*2-4H,1H3;8*1-2H3/q2*+1;;;;;;;;;;;;;;. The van der Waals surface area contributed by atoms with Crippen LogP contribution in [-0.2, 0) is 14.1 Å². The first-order valence-electron chi connectivity index (χ1n) is 26.2. The van der Waals surface area contributed by atoms with Crippen molar-refractivity contribution in [1.82, 2.24) is 60.3 Å². The molecular formula is C60H104N14+2. The molecule has 8 aromatic heterocycles. The van der Waals surface area contributed by atoms with Gasteiger partial charge in [0.1, 0.15) is 32.6 Å². The summed E-state index contributed by atoms with van der Waals surface area (Å²) in [6.45, 7) is 47.7. The molecule has 0 saturated heterocycles. The molecule has 0 N–H and O–H groups in total. The molecule has 0 aliphatic rings. The van der Waals surface area contributed by atoms with Gasteiger partial charge in [0, 0.05) is 91.4 Å². The van der Waals surface area contributed by atoms with Gasteiger partial charge in [0.2, 0.25) is 0 Å². The lowest BCUT2D eigenvalue weighted by Gasteiger charge is -1.85. The second-order valence-electron chi connectivity index (χ2n) is 12.3. The molecule has 0 atom stereocenters. The molecule has 0 aromatic carbocycles. The smallest absolute Gasteiger partial charge is 0.171 e. The largest absolute Gasteiger partial charge is 0.261 e. The zero-order valence-corrected chi connectivity index (χ0v) is 51.3. The van der Waals surface area contributed by atoms with Crippen molar-refractivity contribution in [2.75, 3.05) is 0 Å². The summed E-state index contributed by atoms with van der Waals surface area (Å²) in [6.07, 6.45) is 30.1. The van der Waals surface area contributed by atoms with E-state index in [4.69, 9.17) is 0 Å². The molecule has 0 radical (unpaired) electrons. The Balaban J connectivity index is -0.000000108. The monoisotopic (exact) mass is 1020 g/mol. The van der Waals surface area contributed by atoms with Crippen LogP contribution in [0.1, 0.15) is 156 Å². The van der Waals surface area contributed by atoms with E-state index in [1.54, 1.807) is 74.2 Å². The van der Waals surface area contributed by atoms with Gasteiger partial charge in [-0.2, -0.15) is 20.4 Å². The highest BCUT2D eigenvalue weighted by Gasteiger charge is 1.88. The molecule has 0 aliphatic carbocycles. The van der Waals surface area contributed by atoms with Crippen LogP contribution in [0.5, 0.6) is 0 Å². The van der Waals surface area contributed by atoms with E-state index >= 15 is 0 Å². The lowest BCUT2D eigenvalue weighted by atomic mass is 10.3. The van der Waals surface area contributed by atoms with Crippen LogP contribution in [0.2, 0.25) is 0 Å². The van der Waals surface area contributed by atoms with Gasteiger partial charge in [-0.05, 0) is 108 Å². The fourth-order valence-electron chi connectivity index (χ4n) is 3.53. The Labute approximate surface area is 453 Å². The molecule has 0 unspecified atom stereocenters. The maximum absolute atomic E-state index is 3.92. The van der Waals surface area contributed by atoms with Gasteiger partial charge >= 0.3 is 0 Å². The molecular weight excluding hydrogens is 917 g/mol. The molecule has 0 fully saturated rings. The van der Waals surface area contributed by atoms with Crippen molar-refractivity contribution < 1.29 is 9.13 Å². The van der Waals surface area contributed by atoms with Gasteiger partial charge < -0.3 is 0 Å². The van der Waals surface area contributed by atoms with Crippen LogP contribution < -0.4 is 9.13 Å². The van der Waals surface area contributed by atoms with Crippen molar-refractivity contribution in [2.45, 2.75) is 166 Å². The van der Waals surface area contributed by atoms with E-state index in [-0.39, 0.29) is 0 Å². The summed E-state index contributed by atoms with van der Waals surface area (Å²) >= 11 is 0. The Morgan fingerprint density at radius 3 is 1.12 bits per heavy atom. The summed E-state index contributed by atoms with van der Waals surface area (Å²) < 4.78 is 4.06. The van der Waals surface area contributed by atoms with Crippen LogP contribution in [-0.4, -0.2) is 60.3 Å². The third-order valence-electron chi connectivity index (χ3n) is 6.48. The third kappa shape index (κ3) is 71.3. The highest BCUT2D eigenvalue weighted by Crippen LogP contribution is 1.89. The maximum Gasteiger partial charge on any atom is 0.171 e. The maximum atomic E-state index is 3.92. The van der Waals surface area contributed by atoms with Crippen LogP contribution in [0.3, 0.4) is 0 Å². The Morgan fingerprint density at radius 2 is 0.878 bits per heavy atom. The van der Waals surface area contributed by atoms with E-state index in [2.05, 4.69) is 98.5 Å². The van der Waals surface area contributed by atoms with Crippen LogP contribution >= 0.6 is 0 Å². The molecule has 14 heteroatoms. The highest BCUT2D eigenvalue weighted by molar-refractivity contribution is 5.03. The average Bonchev–Trinajstić information content (AvgIpc) is 3.46. The minimum Gasteiger partial charge on any atom is -0.261 e. The molecule has 74 heavy (non-hydrogen) atoms. The Bertz CT molecular complexity index is 1770. The normalized spacial score (nSPS) is 7.59. The van der Waals surface area contributed by atoms with Gasteiger partial charge in [-0.25, -0.2) is 39.0 Å². The van der Waals surface area contributed by atoms with E-state index in [0.29, 0.717) is 0 Å². The molecule has 0 amide bonds. The summed E-state index contributed by atoms with van der Waals surface area (Å²) in [6, 6.07) is 17.6. The van der Waals surface area contributed by atoms with Gasteiger partial charge in [-0.3, -0.25) is 9.97 Å². The third-order valence-corrected chi connectivity index (χ3v) is 6.48. The summed E-state index contributed by atoms with van der Waals surface area (Å²) in [5.41, 5.74) is 7.79. The number of aromatic nitrogens is 14. The predicted molar refractivity (Wildman–Crippen MR) is 316 cm³/mol. The Kier molecular flexibility index (Phi) is 84.4. The van der Waals surface area contributed by atoms with Crippen molar-refractivity contribution in [3.8, 4) is 0 Å². The van der Waals surface area contributed by atoms with E-state index in [1.807, 2.05) is 224 Å². The first kappa shape index (κ1) is 83.6. The molecule has 8 heterocycles. The van der Waals surface area contributed by atoms with Crippen LogP contribution in [0, 0.1) is 55.4 Å². The lowest BCUT2D eigenvalue weighted by Crippen LogP contribution is -2.26. The topological polar surface area (TPSA) is 162 Å². The van der Waals surface area contributed by atoms with Crippen LogP contribution in [0.25, 0.3) is 0 Å². The number of hydrogen-bond donors (Lipinski definition) is 0. The molecule has 0 spiro atoms. The molecule has 0 bridgehead atoms. The Morgan fingerprint density at radius 1 is 0.311 bits per heavy atom. The fourth-order valence-corrected chi connectivity index (χ4v) is 3.53. The molecule has 412 valence electrons. The molecule has 8 rings (SSSR count). The summed E-state index contributed by atoms with van der Waals surface area (Å²) in [4.78, 5) is 30.6. The van der Waals surface area contributed by atoms with Crippen molar-refractivity contribution in [3.63, 3.8) is 0 Å². The van der Waals surface area contributed by atoms with E-state index < -0.39 is 0 Å². The summed E-state index contributed by atoms with van der Waals surface area (Å²) in [5, 5.41) is 14.6. The Hall–Kier alpha value is -7.22.